The Morgan fingerprint density at radius 2 is 1.89 bits per heavy atom. The summed E-state index contributed by atoms with van der Waals surface area (Å²) in [7, 11) is 1.71. The second kappa shape index (κ2) is 9.11. The van der Waals surface area contributed by atoms with E-state index in [2.05, 4.69) is 14.9 Å². The van der Waals surface area contributed by atoms with Crippen molar-refractivity contribution >= 4 is 5.82 Å². The van der Waals surface area contributed by atoms with Gasteiger partial charge in [0.15, 0.2) is 5.49 Å². The van der Waals surface area contributed by atoms with Gasteiger partial charge in [0.05, 0.1) is 23.2 Å². The highest BCUT2D eigenvalue weighted by Crippen LogP contribution is 2.47. The zero-order chi connectivity index (χ0) is 26.7. The average Bonchev–Trinajstić information content (AvgIpc) is 3.47. The summed E-state index contributed by atoms with van der Waals surface area (Å²) in [4.78, 5) is 26.2. The van der Waals surface area contributed by atoms with Crippen molar-refractivity contribution in [2.24, 2.45) is 12.0 Å². The molecule has 1 fully saturated rings. The van der Waals surface area contributed by atoms with Crippen LogP contribution in [0, 0.1) is 12.7 Å². The number of hydrogen-bond acceptors (Lipinski definition) is 5. The number of anilines is 1. The van der Waals surface area contributed by atoms with Gasteiger partial charge in [-0.2, -0.15) is 0 Å². The van der Waals surface area contributed by atoms with E-state index < -0.39 is 23.8 Å². The van der Waals surface area contributed by atoms with E-state index in [0.717, 1.165) is 48.1 Å². The molecule has 1 aliphatic carbocycles. The maximum absolute atomic E-state index is 14.9. The Morgan fingerprint density at radius 1 is 1.11 bits per heavy atom. The molecule has 196 valence electrons. The third-order valence-corrected chi connectivity index (χ3v) is 7.62. The fraction of sp³-hybridized carbons (Fsp3) is 0.357. The molecule has 0 bridgehead atoms. The van der Waals surface area contributed by atoms with Crippen molar-refractivity contribution < 1.29 is 13.2 Å². The predicted molar refractivity (Wildman–Crippen MR) is 138 cm³/mol. The summed E-state index contributed by atoms with van der Waals surface area (Å²) in [5, 5.41) is 3.68. The van der Waals surface area contributed by atoms with Crippen LogP contribution in [0.5, 0.6) is 0 Å². The summed E-state index contributed by atoms with van der Waals surface area (Å²) in [5.41, 5.74) is 2.10. The molecule has 2 unspecified atom stereocenters. The predicted octanol–water partition coefficient (Wildman–Crippen LogP) is 5.31. The Labute approximate surface area is 217 Å². The van der Waals surface area contributed by atoms with E-state index in [1.807, 2.05) is 6.07 Å². The van der Waals surface area contributed by atoms with E-state index in [0.29, 0.717) is 16.9 Å². The maximum Gasteiger partial charge on any atom is 0.266 e. The average molecular weight is 521 g/mol. The summed E-state index contributed by atoms with van der Waals surface area (Å²) in [5.74, 6) is 1.21. The van der Waals surface area contributed by atoms with Crippen molar-refractivity contribution in [2.75, 3.05) is 5.32 Å². The highest BCUT2D eigenvalue weighted by Gasteiger charge is 2.39. The molecule has 10 heteroatoms. The minimum atomic E-state index is -2.92. The lowest BCUT2D eigenvalue weighted by Crippen LogP contribution is -2.23. The fourth-order valence-electron chi connectivity index (χ4n) is 5.76. The van der Waals surface area contributed by atoms with Crippen LogP contribution < -0.4 is 16.4 Å². The number of pyridine rings is 2. The van der Waals surface area contributed by atoms with Crippen LogP contribution in [0.3, 0.4) is 0 Å². The Balaban J connectivity index is 1.60. The number of rotatable bonds is 4. The van der Waals surface area contributed by atoms with E-state index in [-0.39, 0.29) is 23.2 Å². The Kier molecular flexibility index (Phi) is 5.85. The van der Waals surface area contributed by atoms with Gasteiger partial charge in [-0.1, -0.05) is 18.2 Å². The van der Waals surface area contributed by atoms with Gasteiger partial charge in [-0.15, -0.1) is 0 Å². The van der Waals surface area contributed by atoms with Gasteiger partial charge >= 0.3 is 0 Å². The molecule has 1 aromatic carbocycles. The van der Waals surface area contributed by atoms with Gasteiger partial charge in [-0.3, -0.25) is 9.79 Å². The van der Waals surface area contributed by atoms with Crippen molar-refractivity contribution in [1.29, 1.82) is 0 Å². The van der Waals surface area contributed by atoms with Gasteiger partial charge in [0.1, 0.15) is 23.3 Å². The van der Waals surface area contributed by atoms with Gasteiger partial charge < -0.3 is 14.5 Å². The first-order valence-corrected chi connectivity index (χ1v) is 12.7. The second-order valence-electron chi connectivity index (χ2n) is 10.1. The topological polar surface area (TPSA) is 77.1 Å². The van der Waals surface area contributed by atoms with Crippen molar-refractivity contribution in [3.8, 4) is 22.5 Å². The molecule has 1 saturated carbocycles. The van der Waals surface area contributed by atoms with Crippen LogP contribution in [-0.2, 0) is 7.05 Å². The first-order chi connectivity index (χ1) is 18.2. The lowest BCUT2D eigenvalue weighted by atomic mass is 10.0. The SMILES string of the molecule is Cc1nc2n3c(c(-c4ccc(=O)n(C)c4)cc-2c(=N[C@H](C)c2cccc(C(F)F)c2F)n1)NC1CCCC13. The summed E-state index contributed by atoms with van der Waals surface area (Å²) < 4.78 is 45.3. The summed E-state index contributed by atoms with van der Waals surface area (Å²) in [6.07, 6.45) is 2.01. The summed E-state index contributed by atoms with van der Waals surface area (Å²) in [6.45, 7) is 3.45. The molecular weight excluding hydrogens is 493 g/mol. The van der Waals surface area contributed by atoms with E-state index in [1.54, 1.807) is 33.2 Å². The molecule has 2 aromatic rings. The largest absolute Gasteiger partial charge is 0.366 e. The monoisotopic (exact) mass is 520 g/mol. The number of fused-ring (bicyclic) bond motifs is 5. The molecule has 6 rings (SSSR count). The number of nitrogens with zero attached hydrogens (tertiary/aromatic N) is 5. The summed E-state index contributed by atoms with van der Waals surface area (Å²) in [6, 6.07) is 8.97. The Morgan fingerprint density at radius 3 is 2.66 bits per heavy atom. The molecular formula is C28H27F3N6O. The van der Waals surface area contributed by atoms with Gasteiger partial charge in [-0.25, -0.2) is 23.1 Å². The van der Waals surface area contributed by atoms with Crippen molar-refractivity contribution in [2.45, 2.75) is 57.7 Å². The third kappa shape index (κ3) is 3.90. The molecule has 1 N–H and O–H groups in total. The number of aryl methyl sites for hydroxylation is 2. The number of benzene rings is 1. The molecule has 7 nitrogen and oxygen atoms in total. The lowest BCUT2D eigenvalue weighted by molar-refractivity contribution is 0.146. The Bertz CT molecular complexity index is 1660. The highest BCUT2D eigenvalue weighted by molar-refractivity contribution is 5.82. The minimum Gasteiger partial charge on any atom is -0.366 e. The molecule has 0 saturated heterocycles. The second-order valence-corrected chi connectivity index (χ2v) is 10.1. The van der Waals surface area contributed by atoms with Gasteiger partial charge in [0, 0.05) is 42.0 Å². The van der Waals surface area contributed by atoms with Crippen LogP contribution in [0.25, 0.3) is 22.5 Å². The molecule has 3 atom stereocenters. The fourth-order valence-corrected chi connectivity index (χ4v) is 5.76. The molecule has 1 aromatic heterocycles. The van der Waals surface area contributed by atoms with Crippen LogP contribution >= 0.6 is 0 Å². The lowest BCUT2D eigenvalue weighted by Gasteiger charge is -2.21. The zero-order valence-corrected chi connectivity index (χ0v) is 21.3. The first-order valence-electron chi connectivity index (χ1n) is 12.7. The van der Waals surface area contributed by atoms with E-state index >= 15 is 0 Å². The van der Waals surface area contributed by atoms with Gasteiger partial charge in [-0.05, 0) is 45.2 Å². The molecule has 0 amide bonds. The van der Waals surface area contributed by atoms with Gasteiger partial charge in [0.25, 0.3) is 6.43 Å². The zero-order valence-electron chi connectivity index (χ0n) is 21.3. The third-order valence-electron chi connectivity index (χ3n) is 7.62. The number of aromatic nitrogens is 4. The van der Waals surface area contributed by atoms with Gasteiger partial charge in [0.2, 0.25) is 5.56 Å². The number of nitrogens with one attached hydrogen (secondary N) is 1. The number of halogens is 3. The maximum atomic E-state index is 14.9. The molecule has 0 radical (unpaired) electrons. The molecule has 38 heavy (non-hydrogen) atoms. The first kappa shape index (κ1) is 24.4. The highest BCUT2D eigenvalue weighted by atomic mass is 19.3. The Hall–Kier alpha value is -3.95. The van der Waals surface area contributed by atoms with Crippen LogP contribution in [0.2, 0.25) is 0 Å². The van der Waals surface area contributed by atoms with E-state index in [1.165, 1.54) is 22.8 Å². The quantitative estimate of drug-likeness (QED) is 0.396. The van der Waals surface area contributed by atoms with Crippen LogP contribution in [-0.4, -0.2) is 25.1 Å². The minimum absolute atomic E-state index is 0.0804. The summed E-state index contributed by atoms with van der Waals surface area (Å²) >= 11 is 0. The standard InChI is InChI=1S/C28H27F3N6O/c1-14(17-6-4-7-18(24(17)29)25(30)31)32-26-20-12-19(16-10-11-23(38)36(3)13-16)27-35-21-8-5-9-22(21)37(27)28(20)34-15(2)33-26/h4,6-7,10-14,21-22,25,35H,5,8-9H2,1-3H3/t14-,21?,22?/m1/s1. The molecule has 4 aliphatic rings. The smallest absolute Gasteiger partial charge is 0.266 e. The van der Waals surface area contributed by atoms with Crippen molar-refractivity contribution in [3.05, 3.63) is 81.2 Å². The van der Waals surface area contributed by atoms with E-state index in [9.17, 15) is 18.0 Å². The number of alkyl halides is 2. The molecule has 3 aliphatic heterocycles. The normalized spacial score (nSPS) is 19.6. The molecule has 0 spiro atoms. The van der Waals surface area contributed by atoms with Crippen molar-refractivity contribution in [3.63, 3.8) is 0 Å². The van der Waals surface area contributed by atoms with Crippen LogP contribution in [0.4, 0.5) is 19.0 Å². The van der Waals surface area contributed by atoms with Crippen molar-refractivity contribution in [1.82, 2.24) is 19.1 Å². The molecule has 4 heterocycles. The van der Waals surface area contributed by atoms with E-state index in [4.69, 9.17) is 9.98 Å². The van der Waals surface area contributed by atoms with Crippen LogP contribution in [0.1, 0.15) is 61.6 Å². The number of hydrogen-bond donors (Lipinski definition) is 1. The van der Waals surface area contributed by atoms with Crippen LogP contribution in [0.15, 0.2) is 52.4 Å².